The van der Waals surface area contributed by atoms with E-state index < -0.39 is 4.87 Å². The van der Waals surface area contributed by atoms with Crippen LogP contribution in [0.25, 0.3) is 0 Å². The maximum atomic E-state index is 11.0. The molecule has 90 valence electrons. The quantitative estimate of drug-likeness (QED) is 0.792. The minimum atomic E-state index is -0.458. The summed E-state index contributed by atoms with van der Waals surface area (Å²) < 4.78 is 5.42. The van der Waals surface area contributed by atoms with Gasteiger partial charge in [-0.3, -0.25) is 4.79 Å². The van der Waals surface area contributed by atoms with Crippen LogP contribution < -0.4 is 5.32 Å². The Morgan fingerprint density at radius 3 is 3.00 bits per heavy atom. The van der Waals surface area contributed by atoms with Gasteiger partial charge >= 0.3 is 0 Å². The van der Waals surface area contributed by atoms with Gasteiger partial charge in [-0.15, -0.1) is 11.6 Å². The number of alkyl halides is 1. The van der Waals surface area contributed by atoms with Crippen molar-refractivity contribution < 1.29 is 9.53 Å². The number of allylic oxidation sites excluding steroid dienone is 3. The molecule has 1 aliphatic rings. The summed E-state index contributed by atoms with van der Waals surface area (Å²) in [4.78, 5) is 10.5. The van der Waals surface area contributed by atoms with E-state index in [9.17, 15) is 4.79 Å². The Morgan fingerprint density at radius 2 is 2.38 bits per heavy atom. The minimum Gasteiger partial charge on any atom is -0.492 e. The van der Waals surface area contributed by atoms with Crippen molar-refractivity contribution in [3.63, 3.8) is 0 Å². The molecule has 0 fully saturated rings. The molecule has 0 saturated heterocycles. The smallest absolute Gasteiger partial charge is 0.223 e. The van der Waals surface area contributed by atoms with E-state index in [0.717, 1.165) is 0 Å². The molecular formula is C11H15Cl2NO2. The maximum absolute atomic E-state index is 11.0. The monoisotopic (exact) mass is 263 g/mol. The lowest BCUT2D eigenvalue weighted by Crippen LogP contribution is -2.20. The van der Waals surface area contributed by atoms with Gasteiger partial charge in [-0.25, -0.2) is 0 Å². The molecule has 0 radical (unpaired) electrons. The molecule has 0 bridgehead atoms. The van der Waals surface area contributed by atoms with Crippen molar-refractivity contribution in [2.24, 2.45) is 0 Å². The fourth-order valence-corrected chi connectivity index (χ4v) is 1.64. The molecule has 0 aromatic carbocycles. The summed E-state index contributed by atoms with van der Waals surface area (Å²) in [7, 11) is 1.59. The second kappa shape index (κ2) is 5.60. The van der Waals surface area contributed by atoms with Crippen LogP contribution >= 0.6 is 23.2 Å². The normalized spacial score (nSPS) is 24.5. The Balaban J connectivity index is 2.49. The third kappa shape index (κ3) is 4.06. The standard InChI is InChI=1S/C11H15Cl2NO2/c1-11(13)5-3-8(12)9(7-11)16-6-4-10(15)14-2/h3,7H,4-6H2,1-2H3,(H,14,15). The lowest BCUT2D eigenvalue weighted by atomic mass is 10.0. The molecule has 0 aromatic rings. The minimum absolute atomic E-state index is 0.0647. The van der Waals surface area contributed by atoms with Crippen molar-refractivity contribution in [2.45, 2.75) is 24.6 Å². The summed E-state index contributed by atoms with van der Waals surface area (Å²) >= 11 is 12.1. The van der Waals surface area contributed by atoms with Gasteiger partial charge < -0.3 is 10.1 Å². The van der Waals surface area contributed by atoms with Crippen molar-refractivity contribution >= 4 is 29.1 Å². The molecule has 1 N–H and O–H groups in total. The number of amides is 1. The van der Waals surface area contributed by atoms with E-state index >= 15 is 0 Å². The Kier molecular flexibility index (Phi) is 4.69. The van der Waals surface area contributed by atoms with Crippen LogP contribution in [0, 0.1) is 0 Å². The molecule has 0 saturated carbocycles. The van der Waals surface area contributed by atoms with Gasteiger partial charge in [0.25, 0.3) is 0 Å². The highest BCUT2D eigenvalue weighted by atomic mass is 35.5. The van der Waals surface area contributed by atoms with E-state index in [4.69, 9.17) is 27.9 Å². The van der Waals surface area contributed by atoms with E-state index in [0.29, 0.717) is 30.2 Å². The Labute approximate surface area is 105 Å². The molecular weight excluding hydrogens is 249 g/mol. The highest BCUT2D eigenvalue weighted by Crippen LogP contribution is 2.33. The third-order valence-electron chi connectivity index (χ3n) is 2.21. The number of carbonyl (C=O) groups excluding carboxylic acids is 1. The zero-order valence-electron chi connectivity index (χ0n) is 9.35. The number of hydrogen-bond donors (Lipinski definition) is 1. The van der Waals surface area contributed by atoms with Crippen molar-refractivity contribution in [3.05, 3.63) is 22.9 Å². The zero-order valence-corrected chi connectivity index (χ0v) is 10.9. The second-order valence-corrected chi connectivity index (χ2v) is 5.09. The third-order valence-corrected chi connectivity index (χ3v) is 2.82. The van der Waals surface area contributed by atoms with E-state index in [1.807, 2.05) is 13.0 Å². The average molecular weight is 264 g/mol. The molecule has 5 heteroatoms. The predicted octanol–water partition coefficient (Wildman–Crippen LogP) is 2.55. The van der Waals surface area contributed by atoms with Crippen molar-refractivity contribution in [3.8, 4) is 0 Å². The highest BCUT2D eigenvalue weighted by molar-refractivity contribution is 6.32. The first kappa shape index (κ1) is 13.4. The number of ether oxygens (including phenoxy) is 1. The molecule has 3 nitrogen and oxygen atoms in total. The first-order valence-electron chi connectivity index (χ1n) is 5.06. The van der Waals surface area contributed by atoms with Crippen LogP contribution in [0.1, 0.15) is 19.8 Å². The topological polar surface area (TPSA) is 38.3 Å². The Hall–Kier alpha value is -0.670. The van der Waals surface area contributed by atoms with E-state index in [1.165, 1.54) is 0 Å². The Bertz CT molecular complexity index is 335. The molecule has 1 rings (SSSR count). The summed E-state index contributed by atoms with van der Waals surface area (Å²) in [6.45, 7) is 2.18. The van der Waals surface area contributed by atoms with Crippen LogP contribution in [0.15, 0.2) is 22.9 Å². The molecule has 16 heavy (non-hydrogen) atoms. The number of carbonyl (C=O) groups is 1. The molecule has 1 unspecified atom stereocenters. The number of hydrogen-bond acceptors (Lipinski definition) is 2. The van der Waals surface area contributed by atoms with Crippen LogP contribution in [0.5, 0.6) is 0 Å². The molecule has 1 amide bonds. The van der Waals surface area contributed by atoms with Gasteiger partial charge in [-0.1, -0.05) is 17.7 Å². The predicted molar refractivity (Wildman–Crippen MR) is 65.5 cm³/mol. The summed E-state index contributed by atoms with van der Waals surface area (Å²) in [5.41, 5.74) is 0. The van der Waals surface area contributed by atoms with Gasteiger partial charge in [0, 0.05) is 7.05 Å². The highest BCUT2D eigenvalue weighted by Gasteiger charge is 2.24. The van der Waals surface area contributed by atoms with Crippen molar-refractivity contribution in [2.75, 3.05) is 13.7 Å². The van der Waals surface area contributed by atoms with Crippen LogP contribution in [-0.2, 0) is 9.53 Å². The number of rotatable bonds is 4. The fourth-order valence-electron chi connectivity index (χ4n) is 1.28. The van der Waals surface area contributed by atoms with Gasteiger partial charge in [0.1, 0.15) is 5.76 Å². The van der Waals surface area contributed by atoms with E-state index in [-0.39, 0.29) is 5.91 Å². The number of nitrogens with one attached hydrogen (secondary N) is 1. The first-order chi connectivity index (χ1) is 7.44. The van der Waals surface area contributed by atoms with Crippen molar-refractivity contribution in [1.82, 2.24) is 5.32 Å². The van der Waals surface area contributed by atoms with Crippen molar-refractivity contribution in [1.29, 1.82) is 0 Å². The molecule has 1 aliphatic carbocycles. The fraction of sp³-hybridized carbons (Fsp3) is 0.545. The summed E-state index contributed by atoms with van der Waals surface area (Å²) in [6, 6.07) is 0. The van der Waals surface area contributed by atoms with Gasteiger partial charge in [0.15, 0.2) is 0 Å². The second-order valence-electron chi connectivity index (χ2n) is 3.81. The summed E-state index contributed by atoms with van der Waals surface area (Å²) in [5, 5.41) is 3.07. The first-order valence-corrected chi connectivity index (χ1v) is 5.81. The average Bonchev–Trinajstić information content (AvgIpc) is 2.22. The molecule has 1 atom stereocenters. The van der Waals surface area contributed by atoms with Gasteiger partial charge in [0.05, 0.1) is 22.9 Å². The largest absolute Gasteiger partial charge is 0.492 e. The van der Waals surface area contributed by atoms with Gasteiger partial charge in [-0.2, -0.15) is 0 Å². The van der Waals surface area contributed by atoms with Crippen LogP contribution in [0.3, 0.4) is 0 Å². The lowest BCUT2D eigenvalue weighted by Gasteiger charge is -2.22. The molecule has 0 aromatic heterocycles. The SMILES string of the molecule is CNC(=O)CCOC1=CC(C)(Cl)CC=C1Cl. The van der Waals surface area contributed by atoms with Crippen LogP contribution in [-0.4, -0.2) is 24.4 Å². The molecule has 0 aliphatic heterocycles. The zero-order chi connectivity index (χ0) is 12.2. The summed E-state index contributed by atoms with van der Waals surface area (Å²) in [5.74, 6) is 0.486. The van der Waals surface area contributed by atoms with Crippen LogP contribution in [0.2, 0.25) is 0 Å². The van der Waals surface area contributed by atoms with Crippen LogP contribution in [0.4, 0.5) is 0 Å². The van der Waals surface area contributed by atoms with E-state index in [2.05, 4.69) is 5.32 Å². The summed E-state index contributed by atoms with van der Waals surface area (Å²) in [6.07, 6.45) is 4.58. The molecule has 0 spiro atoms. The number of halogens is 2. The Morgan fingerprint density at radius 1 is 1.69 bits per heavy atom. The lowest BCUT2D eigenvalue weighted by molar-refractivity contribution is -0.121. The molecule has 0 heterocycles. The maximum Gasteiger partial charge on any atom is 0.223 e. The van der Waals surface area contributed by atoms with E-state index in [1.54, 1.807) is 13.1 Å². The van der Waals surface area contributed by atoms with Gasteiger partial charge in [0.2, 0.25) is 5.91 Å². The van der Waals surface area contributed by atoms with Gasteiger partial charge in [-0.05, 0) is 19.4 Å².